The van der Waals surface area contributed by atoms with Crippen molar-refractivity contribution in [1.82, 2.24) is 5.32 Å². The molecule has 0 saturated carbocycles. The Balaban J connectivity index is 1.95. The fourth-order valence-corrected chi connectivity index (χ4v) is 2.42. The van der Waals surface area contributed by atoms with Crippen LogP contribution in [0.2, 0.25) is 0 Å². The lowest BCUT2D eigenvalue weighted by Gasteiger charge is -2.18. The first-order valence-corrected chi connectivity index (χ1v) is 7.80. The summed E-state index contributed by atoms with van der Waals surface area (Å²) in [6.07, 6.45) is 1.06. The standard InChI is InChI=1S/C19H20FNO3/c1-13(10-11-14-6-5-9-16(20)12-14)18(22)21-17(19(23)24)15-7-3-2-4-8-15/h2-9,12-13,17H,10-11H2,1H3,(H,21,22)(H,23,24)/t13?,17-/m0/s1. The van der Waals surface area contributed by atoms with Crippen LogP contribution in [0.15, 0.2) is 54.6 Å². The molecule has 126 valence electrons. The van der Waals surface area contributed by atoms with Gasteiger partial charge in [0.1, 0.15) is 5.82 Å². The summed E-state index contributed by atoms with van der Waals surface area (Å²) < 4.78 is 13.2. The van der Waals surface area contributed by atoms with E-state index in [4.69, 9.17) is 0 Å². The predicted molar refractivity (Wildman–Crippen MR) is 88.8 cm³/mol. The Hall–Kier alpha value is -2.69. The third-order valence-electron chi connectivity index (χ3n) is 3.87. The van der Waals surface area contributed by atoms with E-state index >= 15 is 0 Å². The lowest BCUT2D eigenvalue weighted by atomic mass is 9.99. The van der Waals surface area contributed by atoms with E-state index in [-0.39, 0.29) is 17.6 Å². The van der Waals surface area contributed by atoms with Crippen molar-refractivity contribution >= 4 is 11.9 Å². The molecule has 2 aromatic rings. The molecule has 0 heterocycles. The first-order valence-electron chi connectivity index (χ1n) is 7.80. The summed E-state index contributed by atoms with van der Waals surface area (Å²) in [5, 5.41) is 11.9. The van der Waals surface area contributed by atoms with Gasteiger partial charge >= 0.3 is 5.97 Å². The lowest BCUT2D eigenvalue weighted by Crippen LogP contribution is -2.37. The molecule has 0 radical (unpaired) electrons. The van der Waals surface area contributed by atoms with Crippen molar-refractivity contribution in [2.75, 3.05) is 0 Å². The van der Waals surface area contributed by atoms with Crippen molar-refractivity contribution in [2.24, 2.45) is 5.92 Å². The number of carbonyl (C=O) groups is 2. The number of halogens is 1. The van der Waals surface area contributed by atoms with Crippen LogP contribution in [0.4, 0.5) is 4.39 Å². The molecule has 0 saturated heterocycles. The Morgan fingerprint density at radius 2 is 1.83 bits per heavy atom. The van der Waals surface area contributed by atoms with Crippen LogP contribution in [0.3, 0.4) is 0 Å². The second kappa shape index (κ2) is 8.24. The molecule has 0 aliphatic rings. The third-order valence-corrected chi connectivity index (χ3v) is 3.87. The summed E-state index contributed by atoms with van der Waals surface area (Å²) in [6, 6.07) is 13.7. The maximum Gasteiger partial charge on any atom is 0.330 e. The Kier molecular flexibility index (Phi) is 6.07. The van der Waals surface area contributed by atoms with Gasteiger partial charge in [-0.05, 0) is 36.1 Å². The lowest BCUT2D eigenvalue weighted by molar-refractivity contribution is -0.142. The highest BCUT2D eigenvalue weighted by Crippen LogP contribution is 2.16. The number of aryl methyl sites for hydroxylation is 1. The number of nitrogens with one attached hydrogen (secondary N) is 1. The van der Waals surface area contributed by atoms with Crippen molar-refractivity contribution in [2.45, 2.75) is 25.8 Å². The Morgan fingerprint density at radius 1 is 1.12 bits per heavy atom. The smallest absolute Gasteiger partial charge is 0.330 e. The van der Waals surface area contributed by atoms with Crippen LogP contribution in [-0.4, -0.2) is 17.0 Å². The van der Waals surface area contributed by atoms with Gasteiger partial charge in [-0.15, -0.1) is 0 Å². The fourth-order valence-electron chi connectivity index (χ4n) is 2.42. The molecule has 2 rings (SSSR count). The SMILES string of the molecule is CC(CCc1cccc(F)c1)C(=O)N[C@H](C(=O)O)c1ccccc1. The molecular formula is C19H20FNO3. The van der Waals surface area contributed by atoms with Gasteiger partial charge in [0.25, 0.3) is 0 Å². The molecule has 2 N–H and O–H groups in total. The van der Waals surface area contributed by atoms with Gasteiger partial charge in [-0.25, -0.2) is 9.18 Å². The number of benzene rings is 2. The van der Waals surface area contributed by atoms with Crippen LogP contribution in [0.5, 0.6) is 0 Å². The summed E-state index contributed by atoms with van der Waals surface area (Å²) in [5.74, 6) is -2.12. The van der Waals surface area contributed by atoms with Gasteiger partial charge in [0, 0.05) is 5.92 Å². The van der Waals surface area contributed by atoms with Gasteiger partial charge < -0.3 is 10.4 Å². The summed E-state index contributed by atoms with van der Waals surface area (Å²) in [6.45, 7) is 1.73. The minimum atomic E-state index is -1.10. The second-order valence-electron chi connectivity index (χ2n) is 5.76. The Labute approximate surface area is 140 Å². The highest BCUT2D eigenvalue weighted by molar-refractivity contribution is 5.85. The van der Waals surface area contributed by atoms with E-state index in [0.717, 1.165) is 5.56 Å². The zero-order chi connectivity index (χ0) is 17.5. The van der Waals surface area contributed by atoms with Gasteiger partial charge in [0.2, 0.25) is 5.91 Å². The van der Waals surface area contributed by atoms with Crippen molar-refractivity contribution < 1.29 is 19.1 Å². The number of rotatable bonds is 7. The van der Waals surface area contributed by atoms with Gasteiger partial charge in [-0.1, -0.05) is 49.4 Å². The molecule has 24 heavy (non-hydrogen) atoms. The molecule has 0 fully saturated rings. The van der Waals surface area contributed by atoms with Crippen molar-refractivity contribution in [3.05, 3.63) is 71.5 Å². The molecule has 0 aliphatic heterocycles. The number of amides is 1. The normalized spacial score (nSPS) is 13.1. The van der Waals surface area contributed by atoms with E-state index < -0.39 is 12.0 Å². The van der Waals surface area contributed by atoms with Crippen LogP contribution < -0.4 is 5.32 Å². The number of carboxylic acids is 1. The van der Waals surface area contributed by atoms with E-state index in [1.807, 2.05) is 0 Å². The number of hydrogen-bond acceptors (Lipinski definition) is 2. The molecule has 5 heteroatoms. The maximum absolute atomic E-state index is 13.2. The zero-order valence-corrected chi connectivity index (χ0v) is 13.4. The summed E-state index contributed by atoms with van der Waals surface area (Å²) in [5.41, 5.74) is 1.34. The molecule has 2 aromatic carbocycles. The van der Waals surface area contributed by atoms with Crippen LogP contribution in [-0.2, 0) is 16.0 Å². The summed E-state index contributed by atoms with van der Waals surface area (Å²) in [4.78, 5) is 23.7. The first-order chi connectivity index (χ1) is 11.5. The molecule has 0 bridgehead atoms. The van der Waals surface area contributed by atoms with E-state index in [1.54, 1.807) is 49.4 Å². The maximum atomic E-state index is 13.2. The fraction of sp³-hybridized carbons (Fsp3) is 0.263. The van der Waals surface area contributed by atoms with Gasteiger partial charge in [0.05, 0.1) is 0 Å². The highest BCUT2D eigenvalue weighted by Gasteiger charge is 2.24. The zero-order valence-electron chi connectivity index (χ0n) is 13.4. The van der Waals surface area contributed by atoms with Crippen LogP contribution in [0.1, 0.15) is 30.5 Å². The van der Waals surface area contributed by atoms with Crippen molar-refractivity contribution in [3.63, 3.8) is 0 Å². The van der Waals surface area contributed by atoms with Gasteiger partial charge in [-0.2, -0.15) is 0 Å². The van der Waals surface area contributed by atoms with Gasteiger partial charge in [-0.3, -0.25) is 4.79 Å². The number of aliphatic carboxylic acids is 1. The minimum Gasteiger partial charge on any atom is -0.479 e. The molecular weight excluding hydrogens is 309 g/mol. The van der Waals surface area contributed by atoms with E-state index in [0.29, 0.717) is 18.4 Å². The van der Waals surface area contributed by atoms with E-state index in [9.17, 15) is 19.1 Å². The highest BCUT2D eigenvalue weighted by atomic mass is 19.1. The number of carbonyl (C=O) groups excluding carboxylic acids is 1. The molecule has 0 aromatic heterocycles. The first kappa shape index (κ1) is 17.7. The molecule has 4 nitrogen and oxygen atoms in total. The topological polar surface area (TPSA) is 66.4 Å². The molecule has 1 unspecified atom stereocenters. The van der Waals surface area contributed by atoms with Crippen molar-refractivity contribution in [1.29, 1.82) is 0 Å². The van der Waals surface area contributed by atoms with Gasteiger partial charge in [0.15, 0.2) is 6.04 Å². The van der Waals surface area contributed by atoms with Crippen LogP contribution >= 0.6 is 0 Å². The van der Waals surface area contributed by atoms with E-state index in [2.05, 4.69) is 5.32 Å². The Morgan fingerprint density at radius 3 is 2.46 bits per heavy atom. The monoisotopic (exact) mass is 329 g/mol. The molecule has 2 atom stereocenters. The quantitative estimate of drug-likeness (QED) is 0.819. The third kappa shape index (κ3) is 4.91. The number of hydrogen-bond donors (Lipinski definition) is 2. The number of carboxylic acid groups (broad SMARTS) is 1. The summed E-state index contributed by atoms with van der Waals surface area (Å²) >= 11 is 0. The van der Waals surface area contributed by atoms with E-state index in [1.165, 1.54) is 12.1 Å². The predicted octanol–water partition coefficient (Wildman–Crippen LogP) is 3.34. The van der Waals surface area contributed by atoms with Crippen LogP contribution in [0.25, 0.3) is 0 Å². The van der Waals surface area contributed by atoms with Crippen molar-refractivity contribution in [3.8, 4) is 0 Å². The Bertz CT molecular complexity index is 703. The summed E-state index contributed by atoms with van der Waals surface area (Å²) in [7, 11) is 0. The molecule has 0 aliphatic carbocycles. The minimum absolute atomic E-state index is 0.306. The average Bonchev–Trinajstić information content (AvgIpc) is 2.58. The largest absolute Gasteiger partial charge is 0.479 e. The average molecular weight is 329 g/mol. The van der Waals surface area contributed by atoms with Crippen LogP contribution in [0, 0.1) is 11.7 Å². The molecule has 0 spiro atoms. The molecule has 1 amide bonds. The second-order valence-corrected chi connectivity index (χ2v) is 5.76.